The Morgan fingerprint density at radius 2 is 2.12 bits per heavy atom. The van der Waals surface area contributed by atoms with Crippen molar-refractivity contribution in [2.24, 2.45) is 0 Å². The molecular weight excluding hydrogens is 222 g/mol. The number of amides is 1. The summed E-state index contributed by atoms with van der Waals surface area (Å²) in [5.41, 5.74) is 0.331. The number of nitrogens with zero attached hydrogens (tertiary/aromatic N) is 1. The second kappa shape index (κ2) is 4.77. The van der Waals surface area contributed by atoms with Crippen molar-refractivity contribution in [1.29, 1.82) is 0 Å². The summed E-state index contributed by atoms with van der Waals surface area (Å²) >= 11 is 0. The number of carboxylic acids is 1. The fourth-order valence-corrected chi connectivity index (χ4v) is 1.62. The Balaban J connectivity index is 2.78. The molecule has 5 nitrogen and oxygen atoms in total. The van der Waals surface area contributed by atoms with Crippen LogP contribution in [0, 0.1) is 0 Å². The third-order valence-electron chi connectivity index (χ3n) is 2.44. The lowest BCUT2D eigenvalue weighted by molar-refractivity contribution is -0.140. The van der Waals surface area contributed by atoms with Gasteiger partial charge in [0, 0.05) is 6.54 Å². The van der Waals surface area contributed by atoms with Gasteiger partial charge in [0.15, 0.2) is 6.04 Å². The van der Waals surface area contributed by atoms with Crippen LogP contribution in [0.25, 0.3) is 0 Å². The van der Waals surface area contributed by atoms with Crippen molar-refractivity contribution in [3.63, 3.8) is 0 Å². The van der Waals surface area contributed by atoms with Crippen LogP contribution in [-0.2, 0) is 9.53 Å². The van der Waals surface area contributed by atoms with Gasteiger partial charge in [-0.15, -0.1) is 0 Å². The van der Waals surface area contributed by atoms with Crippen molar-refractivity contribution in [2.45, 2.75) is 45.8 Å². The molecule has 96 valence electrons. The summed E-state index contributed by atoms with van der Waals surface area (Å²) in [4.78, 5) is 24.1. The van der Waals surface area contributed by atoms with Crippen molar-refractivity contribution in [2.75, 3.05) is 6.54 Å². The number of rotatable bonds is 2. The number of ether oxygens (including phenoxy) is 1. The summed E-state index contributed by atoms with van der Waals surface area (Å²) in [6, 6.07) is -0.903. The van der Waals surface area contributed by atoms with Crippen LogP contribution < -0.4 is 0 Å². The first kappa shape index (κ1) is 13.5. The Labute approximate surface area is 101 Å². The van der Waals surface area contributed by atoms with Crippen molar-refractivity contribution < 1.29 is 19.4 Å². The maximum Gasteiger partial charge on any atom is 0.411 e. The first-order valence-corrected chi connectivity index (χ1v) is 5.66. The number of carbonyl (C=O) groups is 2. The molecule has 0 saturated heterocycles. The minimum absolute atomic E-state index is 0.336. The summed E-state index contributed by atoms with van der Waals surface area (Å²) in [6.07, 6.45) is 1.78. The van der Waals surface area contributed by atoms with Gasteiger partial charge in [0.25, 0.3) is 0 Å². The number of carbonyl (C=O) groups excluding carboxylic acids is 1. The molecule has 1 N–H and O–H groups in total. The fourth-order valence-electron chi connectivity index (χ4n) is 1.62. The third-order valence-corrected chi connectivity index (χ3v) is 2.44. The molecule has 1 aliphatic rings. The molecule has 0 aromatic rings. The van der Waals surface area contributed by atoms with Crippen molar-refractivity contribution in [3.8, 4) is 0 Å². The molecule has 1 unspecified atom stereocenters. The highest BCUT2D eigenvalue weighted by molar-refractivity contribution is 5.83. The highest BCUT2D eigenvalue weighted by Crippen LogP contribution is 2.21. The summed E-state index contributed by atoms with van der Waals surface area (Å²) in [7, 11) is 0. The Hall–Kier alpha value is -1.52. The van der Waals surface area contributed by atoms with E-state index in [1.54, 1.807) is 26.8 Å². The minimum Gasteiger partial charge on any atom is -0.479 e. The van der Waals surface area contributed by atoms with E-state index in [0.717, 1.165) is 12.0 Å². The predicted molar refractivity (Wildman–Crippen MR) is 62.7 cm³/mol. The molecule has 1 heterocycles. The lowest BCUT2D eigenvalue weighted by Gasteiger charge is -2.27. The first-order valence-electron chi connectivity index (χ1n) is 5.66. The lowest BCUT2D eigenvalue weighted by Crippen LogP contribution is -2.43. The maximum atomic E-state index is 11.8. The van der Waals surface area contributed by atoms with Gasteiger partial charge < -0.3 is 9.84 Å². The Kier molecular flexibility index (Phi) is 3.80. The number of hydrogen-bond donors (Lipinski definition) is 1. The van der Waals surface area contributed by atoms with E-state index >= 15 is 0 Å². The van der Waals surface area contributed by atoms with Crippen LogP contribution in [0.3, 0.4) is 0 Å². The number of carboxylic acid groups (broad SMARTS) is 1. The average molecular weight is 241 g/mol. The molecule has 0 bridgehead atoms. The van der Waals surface area contributed by atoms with Gasteiger partial charge in [-0.1, -0.05) is 12.5 Å². The van der Waals surface area contributed by atoms with E-state index in [4.69, 9.17) is 9.84 Å². The van der Waals surface area contributed by atoms with E-state index in [1.807, 2.05) is 6.92 Å². The van der Waals surface area contributed by atoms with E-state index in [-0.39, 0.29) is 0 Å². The van der Waals surface area contributed by atoms with Gasteiger partial charge in [-0.3, -0.25) is 4.90 Å². The number of hydrogen-bond acceptors (Lipinski definition) is 3. The summed E-state index contributed by atoms with van der Waals surface area (Å²) in [5.74, 6) is -1.03. The van der Waals surface area contributed by atoms with Gasteiger partial charge in [-0.25, -0.2) is 9.59 Å². The van der Waals surface area contributed by atoms with Crippen molar-refractivity contribution >= 4 is 12.1 Å². The van der Waals surface area contributed by atoms with Gasteiger partial charge in [-0.2, -0.15) is 0 Å². The van der Waals surface area contributed by atoms with Gasteiger partial charge in [0.05, 0.1) is 0 Å². The van der Waals surface area contributed by atoms with Crippen LogP contribution in [0.2, 0.25) is 0 Å². The summed E-state index contributed by atoms with van der Waals surface area (Å²) < 4.78 is 5.19. The quantitative estimate of drug-likeness (QED) is 0.751. The molecule has 0 aromatic carbocycles. The zero-order chi connectivity index (χ0) is 13.2. The van der Waals surface area contributed by atoms with Crippen LogP contribution in [0.5, 0.6) is 0 Å². The average Bonchev–Trinajstić information content (AvgIpc) is 2.58. The second-order valence-electron chi connectivity index (χ2n) is 5.07. The smallest absolute Gasteiger partial charge is 0.411 e. The van der Waals surface area contributed by atoms with E-state index < -0.39 is 23.7 Å². The molecule has 0 spiro atoms. The predicted octanol–water partition coefficient (Wildman–Crippen LogP) is 2.03. The third kappa shape index (κ3) is 3.47. The molecule has 17 heavy (non-hydrogen) atoms. The highest BCUT2D eigenvalue weighted by atomic mass is 16.6. The molecule has 0 aliphatic carbocycles. The topological polar surface area (TPSA) is 66.8 Å². The molecule has 1 aliphatic heterocycles. The molecule has 1 atom stereocenters. The van der Waals surface area contributed by atoms with Crippen LogP contribution in [0.15, 0.2) is 11.6 Å². The van der Waals surface area contributed by atoms with Crippen molar-refractivity contribution in [1.82, 2.24) is 4.90 Å². The van der Waals surface area contributed by atoms with Crippen LogP contribution in [-0.4, -0.2) is 40.3 Å². The van der Waals surface area contributed by atoms with Crippen LogP contribution in [0.4, 0.5) is 4.79 Å². The largest absolute Gasteiger partial charge is 0.479 e. The molecule has 1 amide bonds. The first-order chi connectivity index (χ1) is 7.74. The molecule has 0 saturated carbocycles. The van der Waals surface area contributed by atoms with Crippen LogP contribution >= 0.6 is 0 Å². The van der Waals surface area contributed by atoms with E-state index in [9.17, 15) is 9.59 Å². The highest BCUT2D eigenvalue weighted by Gasteiger charge is 2.35. The minimum atomic E-state index is -1.03. The molecule has 5 heteroatoms. The molecule has 0 radical (unpaired) electrons. The van der Waals surface area contributed by atoms with E-state index in [0.29, 0.717) is 6.54 Å². The van der Waals surface area contributed by atoms with Gasteiger partial charge >= 0.3 is 12.1 Å². The normalized spacial score (nSPS) is 20.1. The zero-order valence-corrected chi connectivity index (χ0v) is 10.7. The standard InChI is InChI=1S/C12H19NO4/c1-5-8-6-9(10(14)15)13(7-8)11(16)17-12(2,3)4/h6,9H,5,7H2,1-4H3,(H,14,15). The number of aliphatic carboxylic acids is 1. The Morgan fingerprint density at radius 3 is 2.53 bits per heavy atom. The summed E-state index contributed by atoms with van der Waals surface area (Å²) in [6.45, 7) is 7.53. The Bertz CT molecular complexity index is 354. The SMILES string of the molecule is CCC1=CC(C(=O)O)N(C(=O)OC(C)(C)C)C1. The van der Waals surface area contributed by atoms with Crippen molar-refractivity contribution in [3.05, 3.63) is 11.6 Å². The molecule has 1 rings (SSSR count). The van der Waals surface area contributed by atoms with Crippen LogP contribution in [0.1, 0.15) is 34.1 Å². The molecule has 0 fully saturated rings. The van der Waals surface area contributed by atoms with Gasteiger partial charge in [-0.05, 0) is 33.3 Å². The lowest BCUT2D eigenvalue weighted by atomic mass is 10.2. The fraction of sp³-hybridized carbons (Fsp3) is 0.667. The monoisotopic (exact) mass is 241 g/mol. The molecule has 0 aromatic heterocycles. The maximum absolute atomic E-state index is 11.8. The van der Waals surface area contributed by atoms with E-state index in [2.05, 4.69) is 0 Å². The van der Waals surface area contributed by atoms with Gasteiger partial charge in [0.2, 0.25) is 0 Å². The van der Waals surface area contributed by atoms with Gasteiger partial charge in [0.1, 0.15) is 5.60 Å². The Morgan fingerprint density at radius 1 is 1.53 bits per heavy atom. The zero-order valence-electron chi connectivity index (χ0n) is 10.7. The second-order valence-corrected chi connectivity index (χ2v) is 5.07. The van der Waals surface area contributed by atoms with E-state index in [1.165, 1.54) is 4.90 Å². The summed E-state index contributed by atoms with van der Waals surface area (Å²) in [5, 5.41) is 9.05. The molecular formula is C12H19NO4.